The Bertz CT molecular complexity index is 278. The van der Waals surface area contributed by atoms with Gasteiger partial charge in [-0.05, 0) is 38.0 Å². The molecule has 1 fully saturated rings. The van der Waals surface area contributed by atoms with Crippen molar-refractivity contribution in [2.24, 2.45) is 11.8 Å². The molecule has 1 aliphatic rings. The fraction of sp³-hybridized carbons (Fsp3) is 0.800. The fourth-order valence-corrected chi connectivity index (χ4v) is 2.73. The molecule has 0 aromatic heterocycles. The average Bonchev–Trinajstić information content (AvgIpc) is 2.32. The van der Waals surface area contributed by atoms with E-state index in [0.29, 0.717) is 19.2 Å². The second-order valence-corrected chi connectivity index (χ2v) is 5.44. The SMILES string of the molecule is C=CCN(CC(=O)OCC)C1CCC(C)C(C)C1. The lowest BCUT2D eigenvalue weighted by atomic mass is 9.78. The van der Waals surface area contributed by atoms with Gasteiger partial charge in [0.2, 0.25) is 0 Å². The Morgan fingerprint density at radius 1 is 1.39 bits per heavy atom. The Kier molecular flexibility index (Phi) is 6.41. The molecule has 0 aromatic carbocycles. The van der Waals surface area contributed by atoms with Crippen LogP contribution in [-0.2, 0) is 9.53 Å². The van der Waals surface area contributed by atoms with E-state index in [-0.39, 0.29) is 5.97 Å². The van der Waals surface area contributed by atoms with E-state index >= 15 is 0 Å². The summed E-state index contributed by atoms with van der Waals surface area (Å²) in [5.41, 5.74) is 0. The van der Waals surface area contributed by atoms with Crippen molar-refractivity contribution in [2.45, 2.75) is 46.1 Å². The van der Waals surface area contributed by atoms with E-state index in [1.807, 2.05) is 13.0 Å². The van der Waals surface area contributed by atoms with Gasteiger partial charge < -0.3 is 4.74 Å². The van der Waals surface area contributed by atoms with Crippen LogP contribution in [0.5, 0.6) is 0 Å². The first-order valence-electron chi connectivity index (χ1n) is 7.09. The molecule has 3 heteroatoms. The van der Waals surface area contributed by atoms with Crippen LogP contribution in [0.2, 0.25) is 0 Å². The van der Waals surface area contributed by atoms with Crippen molar-refractivity contribution < 1.29 is 9.53 Å². The summed E-state index contributed by atoms with van der Waals surface area (Å²) in [6, 6.07) is 0.499. The van der Waals surface area contributed by atoms with E-state index in [1.165, 1.54) is 19.3 Å². The van der Waals surface area contributed by atoms with Crippen molar-refractivity contribution in [2.75, 3.05) is 19.7 Å². The Hall–Kier alpha value is -0.830. The first kappa shape index (κ1) is 15.2. The monoisotopic (exact) mass is 253 g/mol. The highest BCUT2D eigenvalue weighted by Crippen LogP contribution is 2.31. The van der Waals surface area contributed by atoms with Gasteiger partial charge >= 0.3 is 5.97 Å². The third-order valence-electron chi connectivity index (χ3n) is 4.09. The first-order chi connectivity index (χ1) is 8.58. The van der Waals surface area contributed by atoms with Crippen LogP contribution in [0.25, 0.3) is 0 Å². The van der Waals surface area contributed by atoms with E-state index in [0.717, 1.165) is 18.4 Å². The maximum Gasteiger partial charge on any atom is 0.320 e. The second kappa shape index (κ2) is 7.57. The molecule has 1 aliphatic carbocycles. The maximum absolute atomic E-state index is 11.6. The molecule has 3 nitrogen and oxygen atoms in total. The molecule has 0 bridgehead atoms. The fourth-order valence-electron chi connectivity index (χ4n) is 2.73. The summed E-state index contributed by atoms with van der Waals surface area (Å²) in [7, 11) is 0. The topological polar surface area (TPSA) is 29.5 Å². The summed E-state index contributed by atoms with van der Waals surface area (Å²) >= 11 is 0. The van der Waals surface area contributed by atoms with Crippen molar-refractivity contribution >= 4 is 5.97 Å². The lowest BCUT2D eigenvalue weighted by Crippen LogP contribution is -2.43. The molecule has 1 rings (SSSR count). The molecule has 0 saturated heterocycles. The van der Waals surface area contributed by atoms with Crippen LogP contribution in [0.3, 0.4) is 0 Å². The normalized spacial score (nSPS) is 28.1. The van der Waals surface area contributed by atoms with Gasteiger partial charge in [-0.25, -0.2) is 0 Å². The number of hydrogen-bond donors (Lipinski definition) is 0. The molecule has 3 atom stereocenters. The summed E-state index contributed by atoms with van der Waals surface area (Å²) < 4.78 is 5.04. The summed E-state index contributed by atoms with van der Waals surface area (Å²) in [5.74, 6) is 1.42. The molecular weight excluding hydrogens is 226 g/mol. The largest absolute Gasteiger partial charge is 0.465 e. The van der Waals surface area contributed by atoms with E-state index in [2.05, 4.69) is 25.3 Å². The number of esters is 1. The standard InChI is InChI=1S/C15H27NO2/c1-5-9-16(11-15(17)18-6-2)14-8-7-12(3)13(4)10-14/h5,12-14H,1,6-11H2,2-4H3. The van der Waals surface area contributed by atoms with Crippen LogP contribution >= 0.6 is 0 Å². The Labute approximate surface area is 111 Å². The number of rotatable bonds is 6. The highest BCUT2D eigenvalue weighted by Gasteiger charge is 2.29. The minimum atomic E-state index is -0.120. The number of ether oxygens (including phenoxy) is 1. The summed E-state index contributed by atoms with van der Waals surface area (Å²) in [6.07, 6.45) is 5.48. The first-order valence-corrected chi connectivity index (χ1v) is 7.09. The van der Waals surface area contributed by atoms with Gasteiger partial charge in [-0.15, -0.1) is 6.58 Å². The van der Waals surface area contributed by atoms with E-state index in [9.17, 15) is 4.79 Å². The third-order valence-corrected chi connectivity index (χ3v) is 4.09. The zero-order chi connectivity index (χ0) is 13.5. The lowest BCUT2D eigenvalue weighted by molar-refractivity contribution is -0.145. The van der Waals surface area contributed by atoms with Crippen molar-refractivity contribution in [3.05, 3.63) is 12.7 Å². The predicted molar refractivity (Wildman–Crippen MR) is 74.4 cm³/mol. The molecule has 1 saturated carbocycles. The zero-order valence-electron chi connectivity index (χ0n) is 12.0. The Morgan fingerprint density at radius 3 is 2.67 bits per heavy atom. The highest BCUT2D eigenvalue weighted by atomic mass is 16.5. The minimum Gasteiger partial charge on any atom is -0.465 e. The summed E-state index contributed by atoms with van der Waals surface area (Å²) in [4.78, 5) is 13.8. The van der Waals surface area contributed by atoms with Crippen LogP contribution < -0.4 is 0 Å². The predicted octanol–water partition coefficient (Wildman–Crippen LogP) is 2.86. The van der Waals surface area contributed by atoms with Crippen molar-refractivity contribution in [3.8, 4) is 0 Å². The number of carbonyl (C=O) groups is 1. The molecular formula is C15H27NO2. The van der Waals surface area contributed by atoms with Gasteiger partial charge in [-0.2, -0.15) is 0 Å². The molecule has 0 spiro atoms. The summed E-state index contributed by atoms with van der Waals surface area (Å²) in [6.45, 7) is 11.9. The maximum atomic E-state index is 11.6. The smallest absolute Gasteiger partial charge is 0.320 e. The molecule has 0 heterocycles. The second-order valence-electron chi connectivity index (χ2n) is 5.44. The Morgan fingerprint density at radius 2 is 2.11 bits per heavy atom. The van der Waals surface area contributed by atoms with E-state index in [4.69, 9.17) is 4.74 Å². The molecule has 0 N–H and O–H groups in total. The number of carbonyl (C=O) groups excluding carboxylic acids is 1. The van der Waals surface area contributed by atoms with Crippen LogP contribution in [-0.4, -0.2) is 36.6 Å². The van der Waals surface area contributed by atoms with Crippen molar-refractivity contribution in [1.29, 1.82) is 0 Å². The van der Waals surface area contributed by atoms with Crippen molar-refractivity contribution in [3.63, 3.8) is 0 Å². The van der Waals surface area contributed by atoms with Gasteiger partial charge in [-0.3, -0.25) is 9.69 Å². The zero-order valence-corrected chi connectivity index (χ0v) is 12.0. The number of nitrogens with zero attached hydrogens (tertiary/aromatic N) is 1. The molecule has 0 radical (unpaired) electrons. The minimum absolute atomic E-state index is 0.120. The van der Waals surface area contributed by atoms with Crippen LogP contribution in [0.1, 0.15) is 40.0 Å². The van der Waals surface area contributed by atoms with Crippen LogP contribution in [0, 0.1) is 11.8 Å². The van der Waals surface area contributed by atoms with Crippen LogP contribution in [0.15, 0.2) is 12.7 Å². The quantitative estimate of drug-likeness (QED) is 0.538. The Balaban J connectivity index is 2.55. The van der Waals surface area contributed by atoms with Gasteiger partial charge in [-0.1, -0.05) is 19.9 Å². The molecule has 0 amide bonds. The van der Waals surface area contributed by atoms with Gasteiger partial charge in [0.15, 0.2) is 0 Å². The van der Waals surface area contributed by atoms with Gasteiger partial charge in [0, 0.05) is 12.6 Å². The van der Waals surface area contributed by atoms with E-state index < -0.39 is 0 Å². The third kappa shape index (κ3) is 4.45. The average molecular weight is 253 g/mol. The van der Waals surface area contributed by atoms with E-state index in [1.54, 1.807) is 0 Å². The summed E-state index contributed by atoms with van der Waals surface area (Å²) in [5, 5.41) is 0. The van der Waals surface area contributed by atoms with Gasteiger partial charge in [0.1, 0.15) is 0 Å². The number of hydrogen-bond acceptors (Lipinski definition) is 3. The van der Waals surface area contributed by atoms with Gasteiger partial charge in [0.05, 0.1) is 13.2 Å². The van der Waals surface area contributed by atoms with Gasteiger partial charge in [0.25, 0.3) is 0 Å². The van der Waals surface area contributed by atoms with Crippen molar-refractivity contribution in [1.82, 2.24) is 4.90 Å². The molecule has 104 valence electrons. The highest BCUT2D eigenvalue weighted by molar-refractivity contribution is 5.71. The molecule has 3 unspecified atom stereocenters. The molecule has 18 heavy (non-hydrogen) atoms. The van der Waals surface area contributed by atoms with Crippen LogP contribution in [0.4, 0.5) is 0 Å². The molecule has 0 aliphatic heterocycles. The lowest BCUT2D eigenvalue weighted by Gasteiger charge is -2.38. The molecule has 0 aromatic rings.